The monoisotopic (exact) mass is 313 g/mol. The van der Waals surface area contributed by atoms with Crippen molar-refractivity contribution >= 4 is 27.3 Å². The van der Waals surface area contributed by atoms with Crippen molar-refractivity contribution in [1.82, 2.24) is 4.90 Å². The van der Waals surface area contributed by atoms with Crippen LogP contribution < -0.4 is 0 Å². The SMILES string of the molecule is O=C(c1cc2c(-c3ccoc3)cccc2s1)N1CCOCC1. The van der Waals surface area contributed by atoms with Crippen LogP contribution in [0.5, 0.6) is 0 Å². The van der Waals surface area contributed by atoms with Gasteiger partial charge in [0, 0.05) is 28.7 Å². The summed E-state index contributed by atoms with van der Waals surface area (Å²) in [6, 6.07) is 10.1. The minimum Gasteiger partial charge on any atom is -0.472 e. The first-order chi connectivity index (χ1) is 10.8. The smallest absolute Gasteiger partial charge is 0.264 e. The van der Waals surface area contributed by atoms with E-state index in [0.29, 0.717) is 26.3 Å². The molecule has 0 atom stereocenters. The highest BCUT2D eigenvalue weighted by Crippen LogP contribution is 2.34. The Morgan fingerprint density at radius 2 is 2.05 bits per heavy atom. The molecule has 0 radical (unpaired) electrons. The maximum atomic E-state index is 12.6. The molecule has 3 aromatic rings. The van der Waals surface area contributed by atoms with E-state index in [-0.39, 0.29) is 5.91 Å². The summed E-state index contributed by atoms with van der Waals surface area (Å²) in [5.41, 5.74) is 2.14. The average Bonchev–Trinajstić information content (AvgIpc) is 3.24. The number of thiophene rings is 1. The molecule has 112 valence electrons. The summed E-state index contributed by atoms with van der Waals surface area (Å²) in [4.78, 5) is 15.3. The molecular formula is C17H15NO3S. The van der Waals surface area contributed by atoms with Crippen molar-refractivity contribution in [3.05, 3.63) is 47.7 Å². The van der Waals surface area contributed by atoms with Crippen LogP contribution in [0.1, 0.15) is 9.67 Å². The zero-order valence-electron chi connectivity index (χ0n) is 12.0. The number of rotatable bonds is 2. The summed E-state index contributed by atoms with van der Waals surface area (Å²) in [7, 11) is 0. The summed E-state index contributed by atoms with van der Waals surface area (Å²) in [6.07, 6.45) is 3.40. The first kappa shape index (κ1) is 13.5. The molecule has 2 aromatic heterocycles. The lowest BCUT2D eigenvalue weighted by Gasteiger charge is -2.26. The summed E-state index contributed by atoms with van der Waals surface area (Å²) < 4.78 is 11.6. The van der Waals surface area contributed by atoms with Gasteiger partial charge in [-0.15, -0.1) is 11.3 Å². The fourth-order valence-corrected chi connectivity index (χ4v) is 3.81. The Balaban J connectivity index is 1.74. The highest BCUT2D eigenvalue weighted by Gasteiger charge is 2.21. The standard InChI is InChI=1S/C17H15NO3S/c19-17(18-5-8-20-9-6-18)16-10-14-13(12-4-7-21-11-12)2-1-3-15(14)22-16/h1-4,7,10-11H,5-6,8-9H2. The third kappa shape index (κ3) is 2.32. The second-order valence-electron chi connectivity index (χ2n) is 5.24. The number of nitrogens with zero attached hydrogens (tertiary/aromatic N) is 1. The molecule has 0 saturated carbocycles. The Hall–Kier alpha value is -2.11. The van der Waals surface area contributed by atoms with Gasteiger partial charge in [0.15, 0.2) is 0 Å². The molecule has 4 nitrogen and oxygen atoms in total. The summed E-state index contributed by atoms with van der Waals surface area (Å²) in [5, 5.41) is 1.10. The van der Waals surface area contributed by atoms with Gasteiger partial charge < -0.3 is 14.1 Å². The normalized spacial score (nSPS) is 15.4. The van der Waals surface area contributed by atoms with Gasteiger partial charge in [-0.05, 0) is 23.8 Å². The second kappa shape index (κ2) is 5.59. The van der Waals surface area contributed by atoms with Gasteiger partial charge in [0.05, 0.1) is 30.6 Å². The van der Waals surface area contributed by atoms with E-state index < -0.39 is 0 Å². The molecule has 0 bridgehead atoms. The van der Waals surface area contributed by atoms with Crippen LogP contribution in [0.3, 0.4) is 0 Å². The van der Waals surface area contributed by atoms with Crippen LogP contribution in [-0.2, 0) is 4.74 Å². The van der Waals surface area contributed by atoms with Crippen molar-refractivity contribution in [3.63, 3.8) is 0 Å². The minimum absolute atomic E-state index is 0.0997. The number of carbonyl (C=O) groups excluding carboxylic acids is 1. The van der Waals surface area contributed by atoms with Crippen LogP contribution in [0.4, 0.5) is 0 Å². The van der Waals surface area contributed by atoms with Gasteiger partial charge in [0.25, 0.3) is 5.91 Å². The minimum atomic E-state index is 0.0997. The van der Waals surface area contributed by atoms with E-state index in [4.69, 9.17) is 9.15 Å². The largest absolute Gasteiger partial charge is 0.472 e. The molecule has 1 saturated heterocycles. The van der Waals surface area contributed by atoms with Crippen LogP contribution >= 0.6 is 11.3 Å². The Bertz CT molecular complexity index is 801. The number of morpholine rings is 1. The van der Waals surface area contributed by atoms with Crippen LogP contribution in [-0.4, -0.2) is 37.1 Å². The van der Waals surface area contributed by atoms with Crippen molar-refractivity contribution in [2.24, 2.45) is 0 Å². The number of ether oxygens (including phenoxy) is 1. The van der Waals surface area contributed by atoms with Gasteiger partial charge in [-0.3, -0.25) is 4.79 Å². The quantitative estimate of drug-likeness (QED) is 0.725. The maximum Gasteiger partial charge on any atom is 0.264 e. The van der Waals surface area contributed by atoms with Crippen molar-refractivity contribution < 1.29 is 13.9 Å². The van der Waals surface area contributed by atoms with Crippen molar-refractivity contribution in [3.8, 4) is 11.1 Å². The Labute approximate surface area is 131 Å². The number of carbonyl (C=O) groups is 1. The number of fused-ring (bicyclic) bond motifs is 1. The number of amides is 1. The molecule has 1 aliphatic heterocycles. The van der Waals surface area contributed by atoms with E-state index in [9.17, 15) is 4.79 Å². The van der Waals surface area contributed by atoms with Crippen LogP contribution in [0.15, 0.2) is 47.3 Å². The van der Waals surface area contributed by atoms with E-state index in [2.05, 4.69) is 12.1 Å². The molecule has 1 aromatic carbocycles. The molecule has 0 unspecified atom stereocenters. The molecule has 1 aliphatic rings. The van der Waals surface area contributed by atoms with Crippen molar-refractivity contribution in [2.75, 3.05) is 26.3 Å². The Kier molecular flexibility index (Phi) is 3.44. The topological polar surface area (TPSA) is 42.7 Å². The zero-order valence-corrected chi connectivity index (χ0v) is 12.8. The number of hydrogen-bond acceptors (Lipinski definition) is 4. The lowest BCUT2D eigenvalue weighted by atomic mass is 10.0. The molecule has 4 rings (SSSR count). The maximum absolute atomic E-state index is 12.6. The summed E-state index contributed by atoms with van der Waals surface area (Å²) >= 11 is 1.55. The fourth-order valence-electron chi connectivity index (χ4n) is 2.76. The van der Waals surface area contributed by atoms with Crippen LogP contribution in [0.2, 0.25) is 0 Å². The van der Waals surface area contributed by atoms with E-state index >= 15 is 0 Å². The molecule has 3 heterocycles. The van der Waals surface area contributed by atoms with Gasteiger partial charge in [-0.25, -0.2) is 0 Å². The van der Waals surface area contributed by atoms with E-state index in [1.165, 1.54) is 0 Å². The molecule has 1 fully saturated rings. The van der Waals surface area contributed by atoms with Crippen LogP contribution in [0, 0.1) is 0 Å². The first-order valence-corrected chi connectivity index (χ1v) is 8.07. The third-order valence-electron chi connectivity index (χ3n) is 3.90. The van der Waals surface area contributed by atoms with Gasteiger partial charge in [-0.2, -0.15) is 0 Å². The number of furan rings is 1. The molecule has 0 N–H and O–H groups in total. The summed E-state index contributed by atoms with van der Waals surface area (Å²) in [6.45, 7) is 2.58. The van der Waals surface area contributed by atoms with Gasteiger partial charge in [0.1, 0.15) is 0 Å². The highest BCUT2D eigenvalue weighted by molar-refractivity contribution is 7.20. The molecule has 22 heavy (non-hydrogen) atoms. The van der Waals surface area contributed by atoms with Crippen molar-refractivity contribution in [2.45, 2.75) is 0 Å². The molecule has 1 amide bonds. The van der Waals surface area contributed by atoms with Gasteiger partial charge in [-0.1, -0.05) is 12.1 Å². The predicted molar refractivity (Wildman–Crippen MR) is 86.2 cm³/mol. The predicted octanol–water partition coefficient (Wildman–Crippen LogP) is 3.63. The number of hydrogen-bond donors (Lipinski definition) is 0. The second-order valence-corrected chi connectivity index (χ2v) is 6.33. The molecule has 5 heteroatoms. The fraction of sp³-hybridized carbons (Fsp3) is 0.235. The number of benzene rings is 1. The van der Waals surface area contributed by atoms with Crippen LogP contribution in [0.25, 0.3) is 21.2 Å². The van der Waals surface area contributed by atoms with Gasteiger partial charge in [0.2, 0.25) is 0 Å². The molecule has 0 aliphatic carbocycles. The average molecular weight is 313 g/mol. The van der Waals surface area contributed by atoms with E-state index in [1.54, 1.807) is 23.9 Å². The van der Waals surface area contributed by atoms with Crippen molar-refractivity contribution in [1.29, 1.82) is 0 Å². The Morgan fingerprint density at radius 3 is 2.82 bits per heavy atom. The highest BCUT2D eigenvalue weighted by atomic mass is 32.1. The lowest BCUT2D eigenvalue weighted by Crippen LogP contribution is -2.40. The molecular weight excluding hydrogens is 298 g/mol. The van der Waals surface area contributed by atoms with E-state index in [0.717, 1.165) is 26.1 Å². The Morgan fingerprint density at radius 1 is 1.18 bits per heavy atom. The van der Waals surface area contributed by atoms with E-state index in [1.807, 2.05) is 23.1 Å². The van der Waals surface area contributed by atoms with Gasteiger partial charge >= 0.3 is 0 Å². The third-order valence-corrected chi connectivity index (χ3v) is 4.99. The zero-order chi connectivity index (χ0) is 14.9. The lowest BCUT2D eigenvalue weighted by molar-refractivity contribution is 0.0306. The first-order valence-electron chi connectivity index (χ1n) is 7.25. The molecule has 0 spiro atoms. The summed E-state index contributed by atoms with van der Waals surface area (Å²) in [5.74, 6) is 0.0997.